The van der Waals surface area contributed by atoms with E-state index in [0.717, 1.165) is 0 Å². The fourth-order valence-corrected chi connectivity index (χ4v) is 7.30. The number of primary amides is 1. The smallest absolute Gasteiger partial charge is 0.246 e. The van der Waals surface area contributed by atoms with Crippen molar-refractivity contribution in [1.82, 2.24) is 31.1 Å². The molecule has 3 fully saturated rings. The number of rotatable bonds is 8. The average Bonchev–Trinajstić information content (AvgIpc) is 3.85. The van der Waals surface area contributed by atoms with E-state index >= 15 is 0 Å². The van der Waals surface area contributed by atoms with Gasteiger partial charge in [0.2, 0.25) is 41.4 Å². The molecule has 9 N–H and O–H groups in total. The van der Waals surface area contributed by atoms with Crippen LogP contribution in [0.3, 0.4) is 0 Å². The molecular weight excluding hydrogens is 696 g/mol. The van der Waals surface area contributed by atoms with E-state index in [9.17, 15) is 38.7 Å². The summed E-state index contributed by atoms with van der Waals surface area (Å²) in [7, 11) is 0. The van der Waals surface area contributed by atoms with Crippen LogP contribution in [0, 0.1) is 0 Å². The molecule has 7 amide bonds. The zero-order chi connectivity index (χ0) is 38.8. The Morgan fingerprint density at radius 3 is 2.30 bits per heavy atom. The molecule has 2 aromatic carbocycles. The zero-order valence-electron chi connectivity index (χ0n) is 30.2. The van der Waals surface area contributed by atoms with Crippen LogP contribution in [0.1, 0.15) is 62.5 Å². The van der Waals surface area contributed by atoms with Gasteiger partial charge in [-0.3, -0.25) is 33.6 Å². The molecule has 0 radical (unpaired) electrons. The second-order valence-corrected chi connectivity index (χ2v) is 14.2. The summed E-state index contributed by atoms with van der Waals surface area (Å²) in [6.07, 6.45) is 2.51. The first-order valence-electron chi connectivity index (χ1n) is 18.6. The van der Waals surface area contributed by atoms with Crippen molar-refractivity contribution in [2.24, 2.45) is 11.5 Å². The highest BCUT2D eigenvalue weighted by Gasteiger charge is 2.41. The number of nitrogens with two attached hydrogens (primary N) is 2. The quantitative estimate of drug-likeness (QED) is 0.177. The summed E-state index contributed by atoms with van der Waals surface area (Å²) < 4.78 is 0. The van der Waals surface area contributed by atoms with Crippen molar-refractivity contribution in [3.05, 3.63) is 65.7 Å². The number of phenols is 1. The third-order valence-electron chi connectivity index (χ3n) is 10.2. The lowest BCUT2D eigenvalue weighted by Gasteiger charge is -2.31. The number of aromatic hydroxyl groups is 1. The molecule has 2 aromatic rings. The van der Waals surface area contributed by atoms with Gasteiger partial charge >= 0.3 is 0 Å². The van der Waals surface area contributed by atoms with Gasteiger partial charge in [-0.1, -0.05) is 42.5 Å². The number of nitrogens with one attached hydrogen (secondary N) is 4. The number of nitrogens with zero attached hydrogens (tertiary/aromatic N) is 2. The Hall–Kier alpha value is -5.51. The number of likely N-dealkylation sites (tertiary alicyclic amines) is 1. The second kappa shape index (κ2) is 18.5. The highest BCUT2D eigenvalue weighted by atomic mass is 16.3. The predicted octanol–water partition coefficient (Wildman–Crippen LogP) is -0.883. The summed E-state index contributed by atoms with van der Waals surface area (Å²) in [6.45, 7) is 0.664. The number of benzene rings is 2. The molecule has 3 heterocycles. The first kappa shape index (κ1) is 39.7. The van der Waals surface area contributed by atoms with Gasteiger partial charge in [0.1, 0.15) is 36.0 Å². The van der Waals surface area contributed by atoms with Gasteiger partial charge in [0.05, 0.1) is 12.5 Å². The lowest BCUT2D eigenvalue weighted by molar-refractivity contribution is -0.143. The maximum Gasteiger partial charge on any atom is 0.246 e. The summed E-state index contributed by atoms with van der Waals surface area (Å²) in [5.74, 6) is -4.09. The summed E-state index contributed by atoms with van der Waals surface area (Å²) in [5.41, 5.74) is 13.2. The number of hydrogen-bond acceptors (Lipinski definition) is 9. The molecule has 5 rings (SSSR count). The van der Waals surface area contributed by atoms with Crippen molar-refractivity contribution in [2.75, 3.05) is 19.6 Å². The molecule has 0 saturated carbocycles. The molecule has 0 aromatic heterocycles. The van der Waals surface area contributed by atoms with E-state index in [4.69, 9.17) is 11.5 Å². The third kappa shape index (κ3) is 10.3. The molecule has 16 heteroatoms. The van der Waals surface area contributed by atoms with Crippen LogP contribution in [0.2, 0.25) is 0 Å². The van der Waals surface area contributed by atoms with Gasteiger partial charge in [0, 0.05) is 26.1 Å². The maximum atomic E-state index is 14.1. The van der Waals surface area contributed by atoms with E-state index in [2.05, 4.69) is 21.3 Å². The van der Waals surface area contributed by atoms with Crippen LogP contribution in [0.15, 0.2) is 54.6 Å². The van der Waals surface area contributed by atoms with E-state index in [1.807, 2.05) is 0 Å². The van der Waals surface area contributed by atoms with E-state index in [0.29, 0.717) is 49.7 Å². The van der Waals surface area contributed by atoms with Crippen molar-refractivity contribution < 1.29 is 38.7 Å². The number of hydrogen-bond donors (Lipinski definition) is 7. The van der Waals surface area contributed by atoms with Gasteiger partial charge in [-0.25, -0.2) is 0 Å². The Morgan fingerprint density at radius 1 is 0.852 bits per heavy atom. The van der Waals surface area contributed by atoms with Gasteiger partial charge < -0.3 is 47.6 Å². The SMILES string of the molecule is NC(=O)[C@@H]1CCCN1C(=O)[C@H]1CC(=O)NCCCC[C@@H](NC(=O)[C@@H](N)Cc2ccc(O)cc2)C(=O)N2CCC[C@H]2C(=O)N[C@@H](Cc2ccccc2)C(=O)N1. The predicted molar refractivity (Wildman–Crippen MR) is 196 cm³/mol. The standard InChI is InChI=1S/C38H50N8O8/c39-26(20-24-13-15-25(47)16-14-24)34(50)42-27-10-4-5-17-41-32(48)22-29(38(54)45-18-6-11-30(45)33(40)49)44-35(51)28(21-23-8-2-1-3-9-23)43-36(52)31-12-7-19-46(31)37(27)53/h1-3,8-9,13-16,26-31,47H,4-7,10-12,17-22,39H2,(H2,40,49)(H,41,48)(H,42,50)(H,43,52)(H,44,51)/t26-,27+,28-,29+,30-,31-/m0/s1. The lowest BCUT2D eigenvalue weighted by Crippen LogP contribution is -2.60. The molecule has 0 unspecified atom stereocenters. The van der Waals surface area contributed by atoms with Gasteiger partial charge in [-0.2, -0.15) is 0 Å². The van der Waals surface area contributed by atoms with Gasteiger partial charge in [0.25, 0.3) is 0 Å². The topological polar surface area (TPSA) is 246 Å². The Morgan fingerprint density at radius 2 is 1.57 bits per heavy atom. The summed E-state index contributed by atoms with van der Waals surface area (Å²) in [5, 5.41) is 20.7. The molecule has 54 heavy (non-hydrogen) atoms. The Bertz CT molecular complexity index is 1690. The van der Waals surface area contributed by atoms with Crippen LogP contribution in [-0.4, -0.2) is 112 Å². The summed E-state index contributed by atoms with van der Waals surface area (Å²) in [6, 6.07) is 8.82. The Labute approximate surface area is 313 Å². The van der Waals surface area contributed by atoms with Gasteiger partial charge in [-0.05, 0) is 74.6 Å². The highest BCUT2D eigenvalue weighted by Crippen LogP contribution is 2.22. The van der Waals surface area contributed by atoms with E-state index in [1.54, 1.807) is 42.5 Å². The summed E-state index contributed by atoms with van der Waals surface area (Å²) in [4.78, 5) is 97.4. The number of carbonyl (C=O) groups is 7. The molecule has 0 aliphatic carbocycles. The van der Waals surface area contributed by atoms with Crippen molar-refractivity contribution in [3.63, 3.8) is 0 Å². The maximum absolute atomic E-state index is 14.1. The van der Waals surface area contributed by atoms with E-state index in [-0.39, 0.29) is 44.6 Å². The van der Waals surface area contributed by atoms with Crippen LogP contribution in [0.5, 0.6) is 5.75 Å². The monoisotopic (exact) mass is 746 g/mol. The Balaban J connectivity index is 1.39. The van der Waals surface area contributed by atoms with Gasteiger partial charge in [0.15, 0.2) is 0 Å². The first-order valence-corrected chi connectivity index (χ1v) is 18.6. The van der Waals surface area contributed by atoms with Crippen molar-refractivity contribution in [1.29, 1.82) is 0 Å². The van der Waals surface area contributed by atoms with Crippen LogP contribution in [0.4, 0.5) is 0 Å². The number of fused-ring (bicyclic) bond motifs is 1. The number of amides is 7. The number of carbonyl (C=O) groups excluding carboxylic acids is 7. The van der Waals surface area contributed by atoms with Crippen LogP contribution in [0.25, 0.3) is 0 Å². The molecule has 3 aliphatic rings. The molecule has 16 nitrogen and oxygen atoms in total. The fraction of sp³-hybridized carbons (Fsp3) is 0.500. The normalized spacial score (nSPS) is 25.1. The Kier molecular flexibility index (Phi) is 13.6. The molecule has 3 saturated heterocycles. The lowest BCUT2D eigenvalue weighted by atomic mass is 10.0. The fourth-order valence-electron chi connectivity index (χ4n) is 7.30. The van der Waals surface area contributed by atoms with Crippen molar-refractivity contribution in [2.45, 2.75) is 100 Å². The van der Waals surface area contributed by atoms with E-state index in [1.165, 1.54) is 21.9 Å². The van der Waals surface area contributed by atoms with Crippen LogP contribution in [-0.2, 0) is 46.4 Å². The molecule has 290 valence electrons. The second-order valence-electron chi connectivity index (χ2n) is 14.2. The largest absolute Gasteiger partial charge is 0.508 e. The highest BCUT2D eigenvalue weighted by molar-refractivity contribution is 5.98. The third-order valence-corrected chi connectivity index (χ3v) is 10.2. The molecule has 0 spiro atoms. The van der Waals surface area contributed by atoms with E-state index < -0.39 is 84.0 Å². The van der Waals surface area contributed by atoms with Crippen LogP contribution < -0.4 is 32.7 Å². The molecular formula is C38H50N8O8. The van der Waals surface area contributed by atoms with Crippen molar-refractivity contribution >= 4 is 41.4 Å². The minimum Gasteiger partial charge on any atom is -0.508 e. The zero-order valence-corrected chi connectivity index (χ0v) is 30.2. The first-order chi connectivity index (χ1) is 25.9. The van der Waals surface area contributed by atoms with Crippen molar-refractivity contribution in [3.8, 4) is 5.75 Å². The van der Waals surface area contributed by atoms with Gasteiger partial charge in [-0.15, -0.1) is 0 Å². The number of phenolic OH excluding ortho intramolecular Hbond substituents is 1. The molecule has 0 bridgehead atoms. The minimum atomic E-state index is -1.35. The molecule has 6 atom stereocenters. The minimum absolute atomic E-state index is 0.0391. The summed E-state index contributed by atoms with van der Waals surface area (Å²) >= 11 is 0. The average molecular weight is 747 g/mol. The van der Waals surface area contributed by atoms with Crippen LogP contribution >= 0.6 is 0 Å². The molecule has 3 aliphatic heterocycles.